The maximum absolute atomic E-state index is 10.4. The molecule has 1 heterocycles. The van der Waals surface area contributed by atoms with Crippen LogP contribution in [-0.2, 0) is 47.0 Å². The van der Waals surface area contributed by atoms with Crippen LogP contribution >= 0.6 is 0 Å². The molecular formula is C6H10HgO5. The van der Waals surface area contributed by atoms with Gasteiger partial charge in [-0.2, -0.15) is 0 Å². The molecule has 0 aromatic heterocycles. The molecule has 1 saturated heterocycles. The Morgan fingerprint density at radius 3 is 3.08 bits per heavy atom. The van der Waals surface area contributed by atoms with Gasteiger partial charge < -0.3 is 0 Å². The summed E-state index contributed by atoms with van der Waals surface area (Å²) in [6, 6.07) is 0. The Balaban J connectivity index is 2.01. The number of ether oxygens (including phenoxy) is 1. The topological polar surface area (TPSA) is 54.0 Å². The summed E-state index contributed by atoms with van der Waals surface area (Å²) in [6.07, 6.45) is 0.0692. The van der Waals surface area contributed by atoms with E-state index in [9.17, 15) is 4.79 Å². The van der Waals surface area contributed by atoms with E-state index in [0.717, 1.165) is 3.93 Å². The second kappa shape index (κ2) is 5.85. The van der Waals surface area contributed by atoms with Crippen molar-refractivity contribution in [3.8, 4) is 0 Å². The molecule has 0 N–H and O–H groups in total. The van der Waals surface area contributed by atoms with Crippen molar-refractivity contribution in [1.82, 2.24) is 0 Å². The molecule has 0 saturated carbocycles. The van der Waals surface area contributed by atoms with Crippen molar-refractivity contribution in [2.45, 2.75) is 17.0 Å². The summed E-state index contributed by atoms with van der Waals surface area (Å²) in [4.78, 5) is 19.7. The molecule has 0 aromatic carbocycles. The van der Waals surface area contributed by atoms with Crippen LogP contribution < -0.4 is 0 Å². The fourth-order valence-corrected chi connectivity index (χ4v) is 4.72. The Bertz CT molecular complexity index is 145. The second-order valence-corrected chi connectivity index (χ2v) is 7.39. The summed E-state index contributed by atoms with van der Waals surface area (Å²) < 4.78 is 11.0. The second-order valence-electron chi connectivity index (χ2n) is 2.44. The van der Waals surface area contributed by atoms with Crippen molar-refractivity contribution in [2.24, 2.45) is 0 Å². The minimum absolute atomic E-state index is 0.0692. The van der Waals surface area contributed by atoms with E-state index in [0.29, 0.717) is 6.61 Å². The van der Waals surface area contributed by atoms with Crippen LogP contribution in [0.2, 0.25) is 3.93 Å². The zero-order valence-electron chi connectivity index (χ0n) is 6.95. The molecule has 1 fully saturated rings. The van der Waals surface area contributed by atoms with E-state index in [2.05, 4.69) is 4.89 Å². The number of carbonyl (C=O) groups is 1. The van der Waals surface area contributed by atoms with Gasteiger partial charge >= 0.3 is 83.3 Å². The van der Waals surface area contributed by atoms with E-state index in [-0.39, 0.29) is 18.9 Å². The summed E-state index contributed by atoms with van der Waals surface area (Å²) in [5.41, 5.74) is 0. The van der Waals surface area contributed by atoms with Crippen molar-refractivity contribution in [1.29, 1.82) is 0 Å². The van der Waals surface area contributed by atoms with E-state index < -0.39 is 25.0 Å². The average molecular weight is 363 g/mol. The van der Waals surface area contributed by atoms with Crippen LogP contribution in [0.1, 0.15) is 6.92 Å². The number of carbonyl (C=O) groups excluding carboxylic acids is 1. The molecule has 0 amide bonds. The van der Waals surface area contributed by atoms with Gasteiger partial charge in [-0.25, -0.2) is 0 Å². The van der Waals surface area contributed by atoms with Gasteiger partial charge in [0.2, 0.25) is 0 Å². The Hall–Kier alpha value is 0.285. The van der Waals surface area contributed by atoms with Gasteiger partial charge in [0.1, 0.15) is 0 Å². The molecule has 1 aliphatic rings. The quantitative estimate of drug-likeness (QED) is 0.533. The molecule has 1 rings (SSSR count). The van der Waals surface area contributed by atoms with E-state index >= 15 is 0 Å². The van der Waals surface area contributed by atoms with Gasteiger partial charge in [-0.3, -0.25) is 0 Å². The molecule has 6 heteroatoms. The molecule has 1 aliphatic heterocycles. The van der Waals surface area contributed by atoms with Gasteiger partial charge in [-0.15, -0.1) is 0 Å². The van der Waals surface area contributed by atoms with Crippen molar-refractivity contribution in [3.05, 3.63) is 0 Å². The molecule has 0 aliphatic carbocycles. The SMILES string of the molecule is CC(=O)[O][Hg][CH2]C1COOCO1. The van der Waals surface area contributed by atoms with Crippen molar-refractivity contribution < 1.29 is 47.0 Å². The number of hydrogen-bond acceptors (Lipinski definition) is 5. The fraction of sp³-hybridized carbons (Fsp3) is 0.833. The van der Waals surface area contributed by atoms with Crippen LogP contribution in [0.4, 0.5) is 0 Å². The average Bonchev–Trinajstić information content (AvgIpc) is 2.05. The first-order valence-electron chi connectivity index (χ1n) is 3.78. The zero-order chi connectivity index (χ0) is 8.81. The van der Waals surface area contributed by atoms with E-state index in [1.165, 1.54) is 6.92 Å². The first-order chi connectivity index (χ1) is 5.79. The number of rotatable bonds is 3. The van der Waals surface area contributed by atoms with Gasteiger partial charge in [0.15, 0.2) is 0 Å². The molecule has 0 aromatic rings. The molecule has 0 spiro atoms. The van der Waals surface area contributed by atoms with Crippen LogP contribution in [0.25, 0.3) is 0 Å². The van der Waals surface area contributed by atoms with Crippen LogP contribution in [0.3, 0.4) is 0 Å². The molecule has 5 nitrogen and oxygen atoms in total. The third-order valence-electron chi connectivity index (χ3n) is 1.43. The van der Waals surface area contributed by atoms with Gasteiger partial charge in [-0.1, -0.05) is 0 Å². The molecule has 1 unspecified atom stereocenters. The Morgan fingerprint density at radius 1 is 1.67 bits per heavy atom. The van der Waals surface area contributed by atoms with E-state index in [4.69, 9.17) is 12.3 Å². The minimum atomic E-state index is -1.48. The first kappa shape index (κ1) is 10.4. The summed E-state index contributed by atoms with van der Waals surface area (Å²) in [6.45, 7) is 2.06. The zero-order valence-corrected chi connectivity index (χ0v) is 12.4. The van der Waals surface area contributed by atoms with Crippen LogP contribution in [-0.4, -0.2) is 25.5 Å². The van der Waals surface area contributed by atoms with Crippen LogP contribution in [0.5, 0.6) is 0 Å². The Morgan fingerprint density at radius 2 is 2.50 bits per heavy atom. The third-order valence-corrected chi connectivity index (χ3v) is 7.23. The van der Waals surface area contributed by atoms with Crippen molar-refractivity contribution >= 4 is 5.97 Å². The van der Waals surface area contributed by atoms with Gasteiger partial charge in [0, 0.05) is 0 Å². The maximum atomic E-state index is 10.4. The Labute approximate surface area is 83.3 Å². The van der Waals surface area contributed by atoms with Gasteiger partial charge in [0.25, 0.3) is 0 Å². The molecule has 12 heavy (non-hydrogen) atoms. The van der Waals surface area contributed by atoms with Gasteiger partial charge in [-0.05, 0) is 0 Å². The summed E-state index contributed by atoms with van der Waals surface area (Å²) >= 11 is -1.48. The molecule has 66 valence electrons. The standard InChI is InChI=1S/C4H7O3.C2H4O2.Hg/c1-4-2-6-7-3-5-4;1-2(3)4;/h4H,1-3H2;1H3,(H,3,4);/q;;+1/p-1. The van der Waals surface area contributed by atoms with Crippen molar-refractivity contribution in [2.75, 3.05) is 13.4 Å². The molecule has 0 radical (unpaired) electrons. The van der Waals surface area contributed by atoms with Crippen molar-refractivity contribution in [3.63, 3.8) is 0 Å². The van der Waals surface area contributed by atoms with E-state index in [1.54, 1.807) is 0 Å². The predicted octanol–water partition coefficient (Wildman–Crippen LogP) is 0.270. The fourth-order valence-electron chi connectivity index (χ4n) is 0.831. The summed E-state index contributed by atoms with van der Waals surface area (Å²) in [7, 11) is 0. The first-order valence-corrected chi connectivity index (χ1v) is 9.91. The number of hydrogen-bond donors (Lipinski definition) is 0. The Kier molecular flexibility index (Phi) is 5.05. The molecule has 0 bridgehead atoms. The summed E-state index contributed by atoms with van der Waals surface area (Å²) in [5.74, 6) is -0.176. The molecular weight excluding hydrogens is 353 g/mol. The monoisotopic (exact) mass is 364 g/mol. The third kappa shape index (κ3) is 4.35. The predicted molar refractivity (Wildman–Crippen MR) is 33.3 cm³/mol. The summed E-state index contributed by atoms with van der Waals surface area (Å²) in [5, 5.41) is 0. The molecule has 1 atom stereocenters. The van der Waals surface area contributed by atoms with Crippen LogP contribution in [0.15, 0.2) is 0 Å². The van der Waals surface area contributed by atoms with Crippen LogP contribution in [0, 0.1) is 0 Å². The van der Waals surface area contributed by atoms with E-state index in [1.807, 2.05) is 0 Å². The normalized spacial score (nSPS) is 22.9. The van der Waals surface area contributed by atoms with Gasteiger partial charge in [0.05, 0.1) is 0 Å².